The number of alkyl halides is 3. The molecule has 0 amide bonds. The van der Waals surface area contributed by atoms with Crippen LogP contribution in [-0.4, -0.2) is 41.9 Å². The Labute approximate surface area is 124 Å². The van der Waals surface area contributed by atoms with E-state index in [0.29, 0.717) is 12.3 Å². The second-order valence-corrected chi connectivity index (χ2v) is 7.06. The molecule has 1 aliphatic heterocycles. The Hall–Kier alpha value is -1.68. The quantitative estimate of drug-likeness (QED) is 0.901. The molecule has 1 aromatic rings. The highest BCUT2D eigenvalue weighted by molar-refractivity contribution is 7.89. The van der Waals surface area contributed by atoms with Gasteiger partial charge in [-0.1, -0.05) is 6.92 Å². The topological polar surface area (TPSA) is 87.6 Å². The Bertz CT molecular complexity index is 673. The summed E-state index contributed by atoms with van der Waals surface area (Å²) in [7, 11) is -4.06. The number of halogens is 3. The van der Waals surface area contributed by atoms with E-state index in [0.717, 1.165) is 10.4 Å². The van der Waals surface area contributed by atoms with Gasteiger partial charge in [0.15, 0.2) is 0 Å². The van der Waals surface area contributed by atoms with Crippen LogP contribution in [0.15, 0.2) is 23.2 Å². The van der Waals surface area contributed by atoms with Crippen molar-refractivity contribution in [3.8, 4) is 0 Å². The number of aliphatic carboxylic acids is 1. The number of carboxylic acid groups (broad SMARTS) is 1. The van der Waals surface area contributed by atoms with Gasteiger partial charge in [0.2, 0.25) is 10.0 Å². The fourth-order valence-corrected chi connectivity index (χ4v) is 3.80. The van der Waals surface area contributed by atoms with Crippen LogP contribution in [0.5, 0.6) is 0 Å². The third-order valence-corrected chi connectivity index (χ3v) is 5.38. The van der Waals surface area contributed by atoms with Gasteiger partial charge in [-0.15, -0.1) is 0 Å². The summed E-state index contributed by atoms with van der Waals surface area (Å²) in [5, 5.41) is 9.00. The van der Waals surface area contributed by atoms with Crippen molar-refractivity contribution in [2.24, 2.45) is 11.8 Å². The Morgan fingerprint density at radius 2 is 2.00 bits per heavy atom. The number of hydrogen-bond donors (Lipinski definition) is 1. The van der Waals surface area contributed by atoms with Gasteiger partial charge in [-0.25, -0.2) is 8.42 Å². The van der Waals surface area contributed by atoms with Crippen LogP contribution >= 0.6 is 0 Å². The molecule has 10 heteroatoms. The molecule has 2 rings (SSSR count). The first-order chi connectivity index (χ1) is 10.0. The first kappa shape index (κ1) is 16.7. The maximum absolute atomic E-state index is 12.4. The van der Waals surface area contributed by atoms with Crippen LogP contribution < -0.4 is 0 Å². The molecule has 1 saturated heterocycles. The van der Waals surface area contributed by atoms with E-state index in [1.807, 2.05) is 0 Å². The van der Waals surface area contributed by atoms with Gasteiger partial charge in [-0.2, -0.15) is 17.5 Å². The number of hydrogen-bond acceptors (Lipinski definition) is 4. The molecule has 0 aromatic carbocycles. The molecule has 0 saturated carbocycles. The minimum atomic E-state index is -4.65. The normalized spacial score (nSPS) is 23.6. The van der Waals surface area contributed by atoms with Gasteiger partial charge in [-0.05, 0) is 18.1 Å². The molecule has 1 aromatic heterocycles. The molecular formula is C12H13F3N2O4S. The van der Waals surface area contributed by atoms with Crippen LogP contribution in [0, 0.1) is 11.8 Å². The second kappa shape index (κ2) is 5.51. The third kappa shape index (κ3) is 3.07. The zero-order valence-corrected chi connectivity index (χ0v) is 12.2. The maximum Gasteiger partial charge on any atom is 0.433 e. The Balaban J connectivity index is 2.26. The van der Waals surface area contributed by atoms with Crippen molar-refractivity contribution in [2.45, 2.75) is 18.0 Å². The Kier molecular flexibility index (Phi) is 4.18. The van der Waals surface area contributed by atoms with E-state index in [1.165, 1.54) is 0 Å². The molecule has 2 heterocycles. The molecule has 0 bridgehead atoms. The lowest BCUT2D eigenvalue weighted by atomic mass is 9.99. The first-order valence-corrected chi connectivity index (χ1v) is 7.73. The van der Waals surface area contributed by atoms with E-state index in [-0.39, 0.29) is 19.0 Å². The highest BCUT2D eigenvalue weighted by atomic mass is 32.2. The highest BCUT2D eigenvalue weighted by Gasteiger charge is 2.41. The largest absolute Gasteiger partial charge is 0.481 e. The number of rotatable bonds is 3. The van der Waals surface area contributed by atoms with Gasteiger partial charge in [0.1, 0.15) is 10.6 Å². The predicted molar refractivity (Wildman–Crippen MR) is 68.3 cm³/mol. The van der Waals surface area contributed by atoms with Gasteiger partial charge in [0.25, 0.3) is 0 Å². The average molecular weight is 338 g/mol. The molecule has 0 spiro atoms. The van der Waals surface area contributed by atoms with E-state index >= 15 is 0 Å². The lowest BCUT2D eigenvalue weighted by Crippen LogP contribution is -2.30. The fourth-order valence-electron chi connectivity index (χ4n) is 2.29. The van der Waals surface area contributed by atoms with Crippen LogP contribution in [-0.2, 0) is 21.0 Å². The minimum absolute atomic E-state index is 0.000320. The number of carbonyl (C=O) groups is 1. The van der Waals surface area contributed by atoms with Gasteiger partial charge in [0, 0.05) is 19.3 Å². The highest BCUT2D eigenvalue weighted by Crippen LogP contribution is 2.30. The second-order valence-electron chi connectivity index (χ2n) is 5.12. The first-order valence-electron chi connectivity index (χ1n) is 6.29. The molecule has 0 aliphatic carbocycles. The summed E-state index contributed by atoms with van der Waals surface area (Å²) in [6.07, 6.45) is -4.02. The SMILES string of the molecule is C[C@@H]1CN(S(=O)(=O)c2ccc(C(F)(F)F)nc2)C[C@H]1C(=O)O. The Morgan fingerprint density at radius 1 is 1.36 bits per heavy atom. The third-order valence-electron chi connectivity index (χ3n) is 3.56. The maximum atomic E-state index is 12.4. The molecule has 1 fully saturated rings. The molecule has 1 aliphatic rings. The smallest absolute Gasteiger partial charge is 0.433 e. The zero-order valence-electron chi connectivity index (χ0n) is 11.4. The zero-order chi connectivity index (χ0) is 16.7. The lowest BCUT2D eigenvalue weighted by molar-refractivity contribution is -0.142. The van der Waals surface area contributed by atoms with Gasteiger partial charge in [-0.3, -0.25) is 9.78 Å². The number of sulfonamides is 1. The molecule has 122 valence electrons. The molecule has 6 nitrogen and oxygen atoms in total. The van der Waals surface area contributed by atoms with E-state index in [1.54, 1.807) is 6.92 Å². The summed E-state index contributed by atoms with van der Waals surface area (Å²) in [6, 6.07) is 1.41. The van der Waals surface area contributed by atoms with Crippen LogP contribution in [0.1, 0.15) is 12.6 Å². The van der Waals surface area contributed by atoms with Gasteiger partial charge >= 0.3 is 12.1 Å². The fraction of sp³-hybridized carbons (Fsp3) is 0.500. The van der Waals surface area contributed by atoms with Gasteiger partial charge in [0.05, 0.1) is 5.92 Å². The Morgan fingerprint density at radius 3 is 2.41 bits per heavy atom. The van der Waals surface area contributed by atoms with Crippen molar-refractivity contribution >= 4 is 16.0 Å². The van der Waals surface area contributed by atoms with E-state index in [2.05, 4.69) is 4.98 Å². The standard InChI is InChI=1S/C12H13F3N2O4S/c1-7-5-17(6-9(7)11(18)19)22(20,21)8-2-3-10(16-4-8)12(13,14)15/h2-4,7,9H,5-6H2,1H3,(H,18,19)/t7-,9-/m1/s1. The summed E-state index contributed by atoms with van der Waals surface area (Å²) >= 11 is 0. The number of aromatic nitrogens is 1. The predicted octanol–water partition coefficient (Wildman–Crippen LogP) is 1.44. The number of nitrogens with zero attached hydrogens (tertiary/aromatic N) is 2. The van der Waals surface area contributed by atoms with Crippen molar-refractivity contribution < 1.29 is 31.5 Å². The van der Waals surface area contributed by atoms with Crippen molar-refractivity contribution in [2.75, 3.05) is 13.1 Å². The number of carboxylic acids is 1. The van der Waals surface area contributed by atoms with Crippen LogP contribution in [0.3, 0.4) is 0 Å². The monoisotopic (exact) mass is 338 g/mol. The van der Waals surface area contributed by atoms with Crippen LogP contribution in [0.4, 0.5) is 13.2 Å². The van der Waals surface area contributed by atoms with Crippen molar-refractivity contribution in [3.05, 3.63) is 24.0 Å². The van der Waals surface area contributed by atoms with Crippen molar-refractivity contribution in [1.29, 1.82) is 0 Å². The lowest BCUT2D eigenvalue weighted by Gasteiger charge is -2.16. The van der Waals surface area contributed by atoms with Crippen LogP contribution in [0.25, 0.3) is 0 Å². The van der Waals surface area contributed by atoms with E-state index < -0.39 is 38.7 Å². The summed E-state index contributed by atoms with van der Waals surface area (Å²) in [5.41, 5.74) is -1.19. The molecular weight excluding hydrogens is 325 g/mol. The van der Waals surface area contributed by atoms with Crippen molar-refractivity contribution in [1.82, 2.24) is 9.29 Å². The molecule has 2 atom stereocenters. The molecule has 1 N–H and O–H groups in total. The summed E-state index contributed by atoms with van der Waals surface area (Å²) < 4.78 is 62.9. The number of pyridine rings is 1. The van der Waals surface area contributed by atoms with Gasteiger partial charge < -0.3 is 5.11 Å². The molecule has 0 radical (unpaired) electrons. The van der Waals surface area contributed by atoms with Crippen molar-refractivity contribution in [3.63, 3.8) is 0 Å². The van der Waals surface area contributed by atoms with E-state index in [9.17, 15) is 26.4 Å². The average Bonchev–Trinajstić information content (AvgIpc) is 2.81. The minimum Gasteiger partial charge on any atom is -0.481 e. The van der Waals surface area contributed by atoms with E-state index in [4.69, 9.17) is 5.11 Å². The molecule has 0 unspecified atom stereocenters. The summed E-state index contributed by atoms with van der Waals surface area (Å²) in [6.45, 7) is 1.40. The molecule has 22 heavy (non-hydrogen) atoms. The summed E-state index contributed by atoms with van der Waals surface area (Å²) in [5.74, 6) is -2.32. The van der Waals surface area contributed by atoms with Crippen LogP contribution in [0.2, 0.25) is 0 Å². The summed E-state index contributed by atoms with van der Waals surface area (Å²) in [4.78, 5) is 13.7.